The van der Waals surface area contributed by atoms with Crippen LogP contribution in [0.5, 0.6) is 0 Å². The van der Waals surface area contributed by atoms with Gasteiger partial charge in [-0.25, -0.2) is 0 Å². The predicted molar refractivity (Wildman–Crippen MR) is 31.6 cm³/mol. The van der Waals surface area contributed by atoms with E-state index in [9.17, 15) is 9.36 Å². The molecular formula is C4H8O4P+. The van der Waals surface area contributed by atoms with Crippen LogP contribution in [0.3, 0.4) is 0 Å². The van der Waals surface area contributed by atoms with Crippen LogP contribution in [0.2, 0.25) is 0 Å². The summed E-state index contributed by atoms with van der Waals surface area (Å²) in [4.78, 5) is 10.3. The number of carbonyl (C=O) groups excluding carboxylic acids is 1. The standard InChI is InChI=1S/C4H8O4P/c1-3-8-4(5)9(6)7-2/h3H2,1-2H3/q+1. The maximum atomic E-state index is 10.4. The second kappa shape index (κ2) is 4.41. The molecule has 0 amide bonds. The highest BCUT2D eigenvalue weighted by Gasteiger charge is 2.31. The van der Waals surface area contributed by atoms with Crippen LogP contribution < -0.4 is 0 Å². The van der Waals surface area contributed by atoms with E-state index < -0.39 is 13.7 Å². The Bertz CT molecular complexity index is 122. The van der Waals surface area contributed by atoms with Crippen molar-refractivity contribution in [3.63, 3.8) is 0 Å². The summed E-state index contributed by atoms with van der Waals surface area (Å²) in [6.07, 6.45) is 0. The van der Waals surface area contributed by atoms with E-state index in [4.69, 9.17) is 0 Å². The molecule has 52 valence electrons. The van der Waals surface area contributed by atoms with Crippen molar-refractivity contribution in [3.05, 3.63) is 0 Å². The lowest BCUT2D eigenvalue weighted by molar-refractivity contribution is 0.175. The number of hydrogen-bond donors (Lipinski definition) is 0. The third-order valence-electron chi connectivity index (χ3n) is 0.583. The van der Waals surface area contributed by atoms with E-state index in [0.717, 1.165) is 0 Å². The Kier molecular flexibility index (Phi) is 4.18. The lowest BCUT2D eigenvalue weighted by Crippen LogP contribution is -1.95. The van der Waals surface area contributed by atoms with Gasteiger partial charge in [0.05, 0.1) is 13.7 Å². The Morgan fingerprint density at radius 1 is 1.67 bits per heavy atom. The summed E-state index contributed by atoms with van der Waals surface area (Å²) in [6, 6.07) is 0. The average molecular weight is 151 g/mol. The van der Waals surface area contributed by atoms with Crippen molar-refractivity contribution >= 4 is 13.7 Å². The van der Waals surface area contributed by atoms with Gasteiger partial charge in [-0.1, -0.05) is 0 Å². The molecule has 0 aromatic rings. The van der Waals surface area contributed by atoms with Gasteiger partial charge in [-0.3, -0.25) is 0 Å². The van der Waals surface area contributed by atoms with Crippen LogP contribution in [0, 0.1) is 0 Å². The summed E-state index contributed by atoms with van der Waals surface area (Å²) < 4.78 is 18.9. The van der Waals surface area contributed by atoms with E-state index >= 15 is 0 Å². The zero-order chi connectivity index (χ0) is 7.28. The van der Waals surface area contributed by atoms with Crippen molar-refractivity contribution in [2.75, 3.05) is 13.7 Å². The minimum absolute atomic E-state index is 0.225. The molecule has 0 aliphatic carbocycles. The Morgan fingerprint density at radius 3 is 2.56 bits per heavy atom. The molecule has 1 unspecified atom stereocenters. The fraction of sp³-hybridized carbons (Fsp3) is 0.750. The second-order valence-corrected chi connectivity index (χ2v) is 2.38. The third kappa shape index (κ3) is 3.16. The number of ether oxygens (including phenoxy) is 1. The zero-order valence-electron chi connectivity index (χ0n) is 5.29. The Labute approximate surface area is 54.0 Å². The Hall–Kier alpha value is -0.470. The molecule has 0 N–H and O–H groups in total. The van der Waals surface area contributed by atoms with E-state index in [1.54, 1.807) is 6.92 Å². The smallest absolute Gasteiger partial charge is 0.426 e. The van der Waals surface area contributed by atoms with Gasteiger partial charge in [0.25, 0.3) is 0 Å². The van der Waals surface area contributed by atoms with Crippen LogP contribution in [0.4, 0.5) is 4.79 Å². The van der Waals surface area contributed by atoms with Gasteiger partial charge in [0.2, 0.25) is 0 Å². The maximum absolute atomic E-state index is 10.4. The highest BCUT2D eigenvalue weighted by atomic mass is 31.1. The predicted octanol–water partition coefficient (Wildman–Crippen LogP) is 1.53. The number of hydrogen-bond acceptors (Lipinski definition) is 4. The van der Waals surface area contributed by atoms with Crippen molar-refractivity contribution in [2.24, 2.45) is 0 Å². The summed E-state index contributed by atoms with van der Waals surface area (Å²) in [7, 11) is -1.07. The van der Waals surface area contributed by atoms with Gasteiger partial charge in [-0.05, 0) is 11.5 Å². The molecule has 0 aliphatic heterocycles. The Balaban J connectivity index is 3.60. The van der Waals surface area contributed by atoms with Crippen LogP contribution in [-0.4, -0.2) is 19.4 Å². The Morgan fingerprint density at radius 2 is 2.22 bits per heavy atom. The molecule has 4 nitrogen and oxygen atoms in total. The van der Waals surface area contributed by atoms with Crippen LogP contribution in [0.1, 0.15) is 6.92 Å². The first-order chi connectivity index (χ1) is 4.22. The first kappa shape index (κ1) is 8.53. The van der Waals surface area contributed by atoms with Crippen LogP contribution in [0.15, 0.2) is 0 Å². The van der Waals surface area contributed by atoms with Gasteiger partial charge in [0.1, 0.15) is 0 Å². The van der Waals surface area contributed by atoms with Crippen molar-refractivity contribution in [3.8, 4) is 0 Å². The average Bonchev–Trinajstić information content (AvgIpc) is 1.87. The number of rotatable bonds is 3. The molecule has 0 saturated heterocycles. The molecule has 0 aliphatic rings. The summed E-state index contributed by atoms with van der Waals surface area (Å²) >= 11 is 0. The van der Waals surface area contributed by atoms with E-state index in [1.165, 1.54) is 7.11 Å². The molecule has 0 bridgehead atoms. The van der Waals surface area contributed by atoms with Gasteiger partial charge in [-0.2, -0.15) is 4.79 Å². The van der Waals surface area contributed by atoms with Crippen molar-refractivity contribution < 1.29 is 18.6 Å². The molecule has 0 aromatic heterocycles. The summed E-state index contributed by atoms with van der Waals surface area (Å²) in [5.41, 5.74) is -0.796. The monoisotopic (exact) mass is 151 g/mol. The van der Waals surface area contributed by atoms with Crippen molar-refractivity contribution in [1.82, 2.24) is 0 Å². The molecule has 0 saturated carbocycles. The molecule has 5 heteroatoms. The van der Waals surface area contributed by atoms with Crippen molar-refractivity contribution in [2.45, 2.75) is 6.92 Å². The maximum Gasteiger partial charge on any atom is 0.635 e. The normalized spacial score (nSPS) is 10.7. The zero-order valence-corrected chi connectivity index (χ0v) is 6.18. The molecule has 0 fully saturated rings. The molecule has 0 aromatic carbocycles. The quantitative estimate of drug-likeness (QED) is 0.574. The van der Waals surface area contributed by atoms with E-state index in [1.807, 2.05) is 0 Å². The lowest BCUT2D eigenvalue weighted by Gasteiger charge is -1.85. The molecule has 0 radical (unpaired) electrons. The summed E-state index contributed by atoms with van der Waals surface area (Å²) in [6.45, 7) is 1.86. The van der Waals surface area contributed by atoms with Gasteiger partial charge in [0.15, 0.2) is 0 Å². The minimum atomic E-state index is -2.26. The van der Waals surface area contributed by atoms with E-state index in [2.05, 4.69) is 9.26 Å². The largest absolute Gasteiger partial charge is 0.635 e. The van der Waals surface area contributed by atoms with Crippen LogP contribution in [-0.2, 0) is 13.8 Å². The molecule has 0 heterocycles. The lowest BCUT2D eigenvalue weighted by atomic mass is 10.9. The topological polar surface area (TPSA) is 52.6 Å². The van der Waals surface area contributed by atoms with Gasteiger partial charge in [0, 0.05) is 0 Å². The first-order valence-electron chi connectivity index (χ1n) is 2.40. The van der Waals surface area contributed by atoms with E-state index in [-0.39, 0.29) is 6.61 Å². The third-order valence-corrected chi connectivity index (χ3v) is 1.34. The highest BCUT2D eigenvalue weighted by molar-refractivity contribution is 7.58. The SMILES string of the molecule is CCOC(=O)[P+](=O)OC. The summed E-state index contributed by atoms with van der Waals surface area (Å²) in [5, 5.41) is 0. The fourth-order valence-electron chi connectivity index (χ4n) is 0.251. The van der Waals surface area contributed by atoms with Gasteiger partial charge in [-0.15, -0.1) is 4.52 Å². The molecule has 0 rings (SSSR count). The molecule has 1 atom stereocenters. The van der Waals surface area contributed by atoms with Gasteiger partial charge >= 0.3 is 13.7 Å². The minimum Gasteiger partial charge on any atom is -0.426 e. The fourth-order valence-corrected chi connectivity index (χ4v) is 0.634. The van der Waals surface area contributed by atoms with Crippen LogP contribution in [0.25, 0.3) is 0 Å². The van der Waals surface area contributed by atoms with Crippen molar-refractivity contribution in [1.29, 1.82) is 0 Å². The van der Waals surface area contributed by atoms with E-state index in [0.29, 0.717) is 0 Å². The molecular weight excluding hydrogens is 143 g/mol. The molecule has 9 heavy (non-hydrogen) atoms. The summed E-state index contributed by atoms with van der Waals surface area (Å²) in [5.74, 6) is 0. The van der Waals surface area contributed by atoms with Crippen LogP contribution >= 0.6 is 8.03 Å². The number of carbonyl (C=O) groups is 1. The highest BCUT2D eigenvalue weighted by Crippen LogP contribution is 2.22. The second-order valence-electron chi connectivity index (χ2n) is 1.14. The molecule has 0 spiro atoms. The van der Waals surface area contributed by atoms with Gasteiger partial charge < -0.3 is 4.74 Å². The first-order valence-corrected chi connectivity index (χ1v) is 3.58.